The van der Waals surface area contributed by atoms with Crippen molar-refractivity contribution in [3.63, 3.8) is 0 Å². The van der Waals surface area contributed by atoms with Crippen LogP contribution in [0.4, 0.5) is 0 Å². The number of halogens is 1. The second-order valence-corrected chi connectivity index (χ2v) is 8.95. The van der Waals surface area contributed by atoms with Gasteiger partial charge in [-0.05, 0) is 39.3 Å². The van der Waals surface area contributed by atoms with E-state index in [1.54, 1.807) is 23.2 Å². The van der Waals surface area contributed by atoms with Crippen LogP contribution in [0.1, 0.15) is 52.8 Å². The molecular weight excluding hydrogens is 422 g/mol. The Morgan fingerprint density at radius 1 is 1.40 bits per heavy atom. The van der Waals surface area contributed by atoms with Crippen molar-refractivity contribution in [3.05, 3.63) is 47.5 Å². The van der Waals surface area contributed by atoms with Gasteiger partial charge in [-0.25, -0.2) is 4.99 Å². The molecule has 1 aromatic heterocycles. The van der Waals surface area contributed by atoms with Crippen molar-refractivity contribution in [1.29, 1.82) is 0 Å². The summed E-state index contributed by atoms with van der Waals surface area (Å²) >= 11 is 5.91. The SMILES string of the molecule is C=C(Cl)/N=C1\C(=C/C)NC(=NC(C)c2ccc(S(=O)CC)cn2)C(=O)N1[C@H](C)CC. The van der Waals surface area contributed by atoms with Gasteiger partial charge in [0.25, 0.3) is 5.91 Å². The van der Waals surface area contributed by atoms with E-state index in [1.807, 2.05) is 40.7 Å². The van der Waals surface area contributed by atoms with Crippen molar-refractivity contribution < 1.29 is 9.00 Å². The molecule has 1 N–H and O–H groups in total. The Balaban J connectivity index is 2.41. The molecule has 0 radical (unpaired) electrons. The number of aliphatic imine (C=N–C) groups is 2. The number of amides is 1. The number of nitrogens with one attached hydrogen (secondary N) is 1. The summed E-state index contributed by atoms with van der Waals surface area (Å²) < 4.78 is 11.9. The molecule has 0 saturated carbocycles. The number of carbonyl (C=O) groups excluding carboxylic acids is 1. The van der Waals surface area contributed by atoms with Crippen LogP contribution in [-0.4, -0.2) is 43.5 Å². The van der Waals surface area contributed by atoms with Gasteiger partial charge in [-0.2, -0.15) is 0 Å². The monoisotopic (exact) mass is 449 g/mol. The standard InChI is InChI=1S/C21H28ClN5O2S/c1-7-13(4)27-20(25-15(6)22)17(8-2)26-19(21(27)28)24-14(5)18-11-10-16(12-23-18)30(29)9-3/h8,10-14H,6-7,9H2,1-5H3,(H,24,26)/b17-8+,25-20+/t13-,14?,30?/m1/s1. The van der Waals surface area contributed by atoms with E-state index < -0.39 is 10.8 Å². The van der Waals surface area contributed by atoms with E-state index in [-0.39, 0.29) is 29.0 Å². The molecule has 1 aliphatic heterocycles. The molecule has 2 rings (SSSR count). The molecule has 1 saturated heterocycles. The summed E-state index contributed by atoms with van der Waals surface area (Å²) in [5.74, 6) is 0.876. The Morgan fingerprint density at radius 3 is 2.60 bits per heavy atom. The fraction of sp³-hybridized carbons (Fsp3) is 0.429. The minimum absolute atomic E-state index is 0.0924. The Labute approximate surface area is 185 Å². The number of amidine groups is 2. The first-order valence-electron chi connectivity index (χ1n) is 9.85. The van der Waals surface area contributed by atoms with Gasteiger partial charge in [0.1, 0.15) is 5.16 Å². The third-order valence-electron chi connectivity index (χ3n) is 4.73. The van der Waals surface area contributed by atoms with E-state index in [9.17, 15) is 9.00 Å². The maximum absolute atomic E-state index is 13.2. The highest BCUT2D eigenvalue weighted by Crippen LogP contribution is 2.21. The van der Waals surface area contributed by atoms with Gasteiger partial charge in [0.2, 0.25) is 0 Å². The van der Waals surface area contributed by atoms with Crippen LogP contribution in [-0.2, 0) is 15.6 Å². The fourth-order valence-corrected chi connectivity index (χ4v) is 3.69. The molecule has 2 heterocycles. The summed E-state index contributed by atoms with van der Waals surface area (Å²) in [7, 11) is -1.06. The zero-order chi connectivity index (χ0) is 22.4. The van der Waals surface area contributed by atoms with Crippen molar-refractivity contribution in [2.75, 3.05) is 5.75 Å². The van der Waals surface area contributed by atoms with Crippen LogP contribution in [0.2, 0.25) is 0 Å². The van der Waals surface area contributed by atoms with Gasteiger partial charge in [-0.15, -0.1) is 0 Å². The number of piperazine rings is 1. The minimum atomic E-state index is -1.06. The number of allylic oxidation sites excluding steroid dienone is 1. The molecule has 9 heteroatoms. The Morgan fingerprint density at radius 2 is 2.10 bits per heavy atom. The molecular formula is C21H28ClN5O2S. The predicted molar refractivity (Wildman–Crippen MR) is 123 cm³/mol. The van der Waals surface area contributed by atoms with E-state index in [0.29, 0.717) is 27.9 Å². The molecule has 2 unspecified atom stereocenters. The average molecular weight is 450 g/mol. The van der Waals surface area contributed by atoms with Gasteiger partial charge in [0.15, 0.2) is 11.7 Å². The van der Waals surface area contributed by atoms with Crippen LogP contribution in [0.25, 0.3) is 0 Å². The van der Waals surface area contributed by atoms with Gasteiger partial charge in [0, 0.05) is 18.0 Å². The maximum Gasteiger partial charge on any atom is 0.295 e. The number of hydrogen-bond donors (Lipinski definition) is 1. The largest absolute Gasteiger partial charge is 0.333 e. The Bertz CT molecular complexity index is 924. The predicted octanol–water partition coefficient (Wildman–Crippen LogP) is 3.91. The quantitative estimate of drug-likeness (QED) is 0.639. The van der Waals surface area contributed by atoms with E-state index >= 15 is 0 Å². The van der Waals surface area contributed by atoms with E-state index in [4.69, 9.17) is 11.6 Å². The molecule has 1 aromatic rings. The lowest BCUT2D eigenvalue weighted by atomic mass is 10.1. The molecule has 1 aliphatic rings. The third kappa shape index (κ3) is 5.43. The first-order valence-corrected chi connectivity index (χ1v) is 11.6. The number of carbonyl (C=O) groups is 1. The molecule has 7 nitrogen and oxygen atoms in total. The van der Waals surface area contributed by atoms with Crippen LogP contribution in [0, 0.1) is 0 Å². The van der Waals surface area contributed by atoms with Gasteiger partial charge in [0.05, 0.1) is 33.1 Å². The maximum atomic E-state index is 13.2. The van der Waals surface area contributed by atoms with Gasteiger partial charge in [-0.1, -0.05) is 38.1 Å². The number of aromatic nitrogens is 1. The molecule has 30 heavy (non-hydrogen) atoms. The van der Waals surface area contributed by atoms with Gasteiger partial charge >= 0.3 is 0 Å². The van der Waals surface area contributed by atoms with Crippen LogP contribution < -0.4 is 5.32 Å². The van der Waals surface area contributed by atoms with Gasteiger partial charge < -0.3 is 5.32 Å². The highest BCUT2D eigenvalue weighted by Gasteiger charge is 2.36. The summed E-state index contributed by atoms with van der Waals surface area (Å²) in [6, 6.07) is 3.09. The van der Waals surface area contributed by atoms with Crippen LogP contribution in [0.5, 0.6) is 0 Å². The third-order valence-corrected chi connectivity index (χ3v) is 6.10. The molecule has 0 aromatic carbocycles. The lowest BCUT2D eigenvalue weighted by Gasteiger charge is -2.35. The Hall–Kier alpha value is -2.32. The molecule has 0 spiro atoms. The zero-order valence-electron chi connectivity index (χ0n) is 18.0. The van der Waals surface area contributed by atoms with Crippen LogP contribution in [0.15, 0.2) is 56.7 Å². The summed E-state index contributed by atoms with van der Waals surface area (Å²) in [4.78, 5) is 28.7. The summed E-state index contributed by atoms with van der Waals surface area (Å²) in [5.41, 5.74) is 1.31. The lowest BCUT2D eigenvalue weighted by Crippen LogP contribution is -2.57. The molecule has 0 aliphatic carbocycles. The van der Waals surface area contributed by atoms with Crippen LogP contribution >= 0.6 is 11.6 Å². The second-order valence-electron chi connectivity index (χ2n) is 6.78. The van der Waals surface area contributed by atoms with Crippen molar-refractivity contribution in [2.24, 2.45) is 9.98 Å². The Kier molecular flexibility index (Phi) is 8.49. The second kappa shape index (κ2) is 10.6. The number of rotatable bonds is 7. The minimum Gasteiger partial charge on any atom is -0.333 e. The highest BCUT2D eigenvalue weighted by molar-refractivity contribution is 7.85. The van der Waals surface area contributed by atoms with E-state index in [0.717, 1.165) is 6.42 Å². The van der Waals surface area contributed by atoms with Crippen LogP contribution in [0.3, 0.4) is 0 Å². The summed E-state index contributed by atoms with van der Waals surface area (Å²) in [5, 5.41) is 3.16. The highest BCUT2D eigenvalue weighted by atomic mass is 35.5. The molecule has 3 atom stereocenters. The van der Waals surface area contributed by atoms with Crippen molar-refractivity contribution in [1.82, 2.24) is 15.2 Å². The number of nitrogens with zero attached hydrogens (tertiary/aromatic N) is 4. The summed E-state index contributed by atoms with van der Waals surface area (Å²) in [6.07, 6.45) is 4.14. The lowest BCUT2D eigenvalue weighted by molar-refractivity contribution is -0.122. The fourth-order valence-electron chi connectivity index (χ4n) is 2.89. The van der Waals surface area contributed by atoms with E-state index in [2.05, 4.69) is 26.9 Å². The molecule has 162 valence electrons. The molecule has 0 bridgehead atoms. The van der Waals surface area contributed by atoms with Crippen molar-refractivity contribution in [3.8, 4) is 0 Å². The first-order chi connectivity index (χ1) is 14.2. The average Bonchev–Trinajstić information content (AvgIpc) is 2.74. The normalized spacial score (nSPS) is 21.6. The van der Waals surface area contributed by atoms with Crippen molar-refractivity contribution >= 4 is 40.0 Å². The number of pyridine rings is 1. The summed E-state index contributed by atoms with van der Waals surface area (Å²) in [6.45, 7) is 13.1. The topological polar surface area (TPSA) is 87.0 Å². The molecule has 1 fully saturated rings. The smallest absolute Gasteiger partial charge is 0.295 e. The first kappa shape index (κ1) is 24.0. The van der Waals surface area contributed by atoms with E-state index in [1.165, 1.54) is 0 Å². The van der Waals surface area contributed by atoms with Crippen molar-refractivity contribution in [2.45, 2.75) is 58.0 Å². The number of hydrogen-bond acceptors (Lipinski definition) is 5. The zero-order valence-corrected chi connectivity index (χ0v) is 19.5. The van der Waals surface area contributed by atoms with Gasteiger partial charge in [-0.3, -0.25) is 23.9 Å². The molecule has 1 amide bonds.